The number of likely N-dealkylation sites (tertiary alicyclic amines) is 1. The first-order chi connectivity index (χ1) is 11.5. The highest BCUT2D eigenvalue weighted by Gasteiger charge is 2.28. The Morgan fingerprint density at radius 3 is 2.88 bits per heavy atom. The smallest absolute Gasteiger partial charge is 0.289 e. The Labute approximate surface area is 148 Å². The summed E-state index contributed by atoms with van der Waals surface area (Å²) in [7, 11) is 0. The Hall–Kier alpha value is -1.82. The van der Waals surface area contributed by atoms with Crippen molar-refractivity contribution in [1.29, 1.82) is 0 Å². The van der Waals surface area contributed by atoms with Gasteiger partial charge in [-0.2, -0.15) is 0 Å². The van der Waals surface area contributed by atoms with Gasteiger partial charge in [-0.3, -0.25) is 9.59 Å². The molecule has 1 aliphatic heterocycles. The molecular weight excluding hydrogens is 353 g/mol. The molecule has 1 fully saturated rings. The van der Waals surface area contributed by atoms with Crippen LogP contribution in [0, 0.1) is 0 Å². The summed E-state index contributed by atoms with van der Waals surface area (Å²) in [6, 6.07) is 7.71. The fourth-order valence-corrected chi connectivity index (χ4v) is 3.01. The maximum Gasteiger partial charge on any atom is 0.289 e. The van der Waals surface area contributed by atoms with Crippen LogP contribution in [0.15, 0.2) is 45.8 Å². The van der Waals surface area contributed by atoms with E-state index in [1.807, 2.05) is 6.07 Å². The molecule has 2 aromatic rings. The van der Waals surface area contributed by atoms with Gasteiger partial charge in [-0.25, -0.2) is 0 Å². The Morgan fingerprint density at radius 1 is 1.29 bits per heavy atom. The third-order valence-electron chi connectivity index (χ3n) is 3.83. The molecule has 0 aliphatic carbocycles. The van der Waals surface area contributed by atoms with Crippen LogP contribution in [-0.2, 0) is 11.3 Å². The third kappa shape index (κ3) is 3.98. The van der Waals surface area contributed by atoms with Gasteiger partial charge in [-0.05, 0) is 24.1 Å². The van der Waals surface area contributed by atoms with E-state index in [2.05, 4.69) is 0 Å². The van der Waals surface area contributed by atoms with Gasteiger partial charge >= 0.3 is 0 Å². The molecule has 0 N–H and O–H groups in total. The molecule has 0 saturated carbocycles. The van der Waals surface area contributed by atoms with Gasteiger partial charge in [-0.1, -0.05) is 29.3 Å². The lowest BCUT2D eigenvalue weighted by Gasteiger charge is -2.16. The lowest BCUT2D eigenvalue weighted by molar-refractivity contribution is 0.0430. The Balaban J connectivity index is 1.57. The van der Waals surface area contributed by atoms with Crippen LogP contribution in [0.1, 0.15) is 22.5 Å². The summed E-state index contributed by atoms with van der Waals surface area (Å²) in [5.74, 6) is -0.257. The number of carbonyl (C=O) groups excluding carboxylic acids is 1. The zero-order chi connectivity index (χ0) is 17.1. The summed E-state index contributed by atoms with van der Waals surface area (Å²) in [6.45, 7) is 1.35. The molecular formula is C17H15Cl2NO4. The fourth-order valence-electron chi connectivity index (χ4n) is 2.55. The van der Waals surface area contributed by atoms with Crippen LogP contribution in [0.5, 0.6) is 0 Å². The van der Waals surface area contributed by atoms with Gasteiger partial charge in [-0.15, -0.1) is 0 Å². The van der Waals surface area contributed by atoms with Gasteiger partial charge in [0.1, 0.15) is 0 Å². The van der Waals surface area contributed by atoms with E-state index in [9.17, 15) is 9.59 Å². The zero-order valence-electron chi connectivity index (χ0n) is 12.7. The van der Waals surface area contributed by atoms with Crippen LogP contribution in [0.4, 0.5) is 0 Å². The molecule has 1 aromatic heterocycles. The fraction of sp³-hybridized carbons (Fsp3) is 0.294. The average molecular weight is 368 g/mol. The lowest BCUT2D eigenvalue weighted by Crippen LogP contribution is -2.30. The molecule has 7 heteroatoms. The largest absolute Gasteiger partial charge is 0.459 e. The number of carbonyl (C=O) groups is 1. The van der Waals surface area contributed by atoms with Crippen molar-refractivity contribution in [2.75, 3.05) is 13.1 Å². The van der Waals surface area contributed by atoms with Crippen LogP contribution in [0.2, 0.25) is 10.0 Å². The minimum Gasteiger partial charge on any atom is -0.459 e. The van der Waals surface area contributed by atoms with Crippen molar-refractivity contribution in [3.8, 4) is 0 Å². The number of amides is 1. The zero-order valence-corrected chi connectivity index (χ0v) is 14.2. The first-order valence-corrected chi connectivity index (χ1v) is 8.22. The Bertz CT molecular complexity index is 805. The van der Waals surface area contributed by atoms with Gasteiger partial charge in [0.2, 0.25) is 0 Å². The highest BCUT2D eigenvalue weighted by molar-refractivity contribution is 6.35. The molecule has 3 rings (SSSR count). The number of nitrogens with zero attached hydrogens (tertiary/aromatic N) is 1. The summed E-state index contributed by atoms with van der Waals surface area (Å²) in [5.41, 5.74) is 0.592. The second-order valence-corrected chi connectivity index (χ2v) is 6.38. The van der Waals surface area contributed by atoms with Gasteiger partial charge in [0.25, 0.3) is 5.91 Å². The molecule has 24 heavy (non-hydrogen) atoms. The molecule has 0 spiro atoms. The molecule has 126 valence electrons. The molecule has 1 aromatic carbocycles. The summed E-state index contributed by atoms with van der Waals surface area (Å²) < 4.78 is 10.9. The average Bonchev–Trinajstić information content (AvgIpc) is 3.02. The monoisotopic (exact) mass is 367 g/mol. The molecule has 1 amide bonds. The van der Waals surface area contributed by atoms with Gasteiger partial charge < -0.3 is 14.1 Å². The van der Waals surface area contributed by atoms with E-state index in [0.717, 1.165) is 5.56 Å². The van der Waals surface area contributed by atoms with E-state index in [-0.39, 0.29) is 23.2 Å². The van der Waals surface area contributed by atoms with E-state index in [4.69, 9.17) is 32.4 Å². The Kier molecular flexibility index (Phi) is 5.23. The van der Waals surface area contributed by atoms with Crippen molar-refractivity contribution >= 4 is 29.1 Å². The first-order valence-electron chi connectivity index (χ1n) is 7.46. The van der Waals surface area contributed by atoms with Gasteiger partial charge in [0, 0.05) is 35.3 Å². The second-order valence-electron chi connectivity index (χ2n) is 5.54. The van der Waals surface area contributed by atoms with Crippen LogP contribution >= 0.6 is 23.2 Å². The molecule has 0 bridgehead atoms. The molecule has 0 radical (unpaired) electrons. The van der Waals surface area contributed by atoms with Gasteiger partial charge in [0.05, 0.1) is 19.0 Å². The maximum atomic E-state index is 12.3. The molecule has 1 atom stereocenters. The quantitative estimate of drug-likeness (QED) is 0.830. The van der Waals surface area contributed by atoms with E-state index in [1.165, 1.54) is 18.4 Å². The molecule has 5 nitrogen and oxygen atoms in total. The molecule has 2 heterocycles. The standard InChI is InChI=1S/C17H15Cl2NO4/c18-12-2-1-11(15(19)7-12)10-24-14-3-5-20(9-14)17(22)16-8-13(21)4-6-23-16/h1-2,4,6-8,14H,3,5,9-10H2. The maximum absolute atomic E-state index is 12.3. The van der Waals surface area contributed by atoms with E-state index >= 15 is 0 Å². The SMILES string of the molecule is O=C(c1cc(=O)cco1)N1CCC(OCc2ccc(Cl)cc2Cl)C1. The molecule has 1 saturated heterocycles. The van der Waals surface area contributed by atoms with Crippen molar-refractivity contribution in [2.45, 2.75) is 19.1 Å². The van der Waals surface area contributed by atoms with Crippen molar-refractivity contribution in [3.63, 3.8) is 0 Å². The van der Waals surface area contributed by atoms with Crippen LogP contribution < -0.4 is 5.43 Å². The number of benzene rings is 1. The van der Waals surface area contributed by atoms with Crippen molar-refractivity contribution in [3.05, 3.63) is 68.2 Å². The second kappa shape index (κ2) is 7.38. The number of ether oxygens (including phenoxy) is 1. The summed E-state index contributed by atoms with van der Waals surface area (Å²) >= 11 is 12.0. The minimum atomic E-state index is -0.302. The van der Waals surface area contributed by atoms with Gasteiger partial charge in [0.15, 0.2) is 11.2 Å². The summed E-state index contributed by atoms with van der Waals surface area (Å²) in [4.78, 5) is 25.2. The highest BCUT2D eigenvalue weighted by atomic mass is 35.5. The molecule has 1 aliphatic rings. The summed E-state index contributed by atoms with van der Waals surface area (Å²) in [5, 5.41) is 1.13. The number of hydrogen-bond acceptors (Lipinski definition) is 4. The van der Waals surface area contributed by atoms with Crippen LogP contribution in [-0.4, -0.2) is 30.0 Å². The topological polar surface area (TPSA) is 59.8 Å². The normalized spacial score (nSPS) is 17.2. The van der Waals surface area contributed by atoms with Crippen molar-refractivity contribution in [2.24, 2.45) is 0 Å². The predicted molar refractivity (Wildman–Crippen MR) is 90.5 cm³/mol. The predicted octanol–water partition coefficient (Wildman–Crippen LogP) is 3.38. The van der Waals surface area contributed by atoms with Crippen molar-refractivity contribution in [1.82, 2.24) is 4.90 Å². The lowest BCUT2D eigenvalue weighted by atomic mass is 10.2. The van der Waals surface area contributed by atoms with Crippen molar-refractivity contribution < 1.29 is 13.9 Å². The van der Waals surface area contributed by atoms with Crippen LogP contribution in [0.3, 0.4) is 0 Å². The number of rotatable bonds is 4. The van der Waals surface area contributed by atoms with E-state index in [0.29, 0.717) is 36.2 Å². The highest BCUT2D eigenvalue weighted by Crippen LogP contribution is 2.23. The first kappa shape index (κ1) is 17.0. The van der Waals surface area contributed by atoms with Crippen LogP contribution in [0.25, 0.3) is 0 Å². The summed E-state index contributed by atoms with van der Waals surface area (Å²) in [6.07, 6.45) is 1.85. The minimum absolute atomic E-state index is 0.0453. The Morgan fingerprint density at radius 2 is 2.12 bits per heavy atom. The third-order valence-corrected chi connectivity index (χ3v) is 4.42. The molecule has 1 unspecified atom stereocenters. The van der Waals surface area contributed by atoms with E-state index < -0.39 is 0 Å². The number of hydrogen-bond donors (Lipinski definition) is 0. The van der Waals surface area contributed by atoms with E-state index in [1.54, 1.807) is 17.0 Å². The number of halogens is 2.